The number of benzene rings is 1. The van der Waals surface area contributed by atoms with Gasteiger partial charge < -0.3 is 11.1 Å². The zero-order valence-corrected chi connectivity index (χ0v) is 8.26. The molecule has 0 fully saturated rings. The molecule has 1 aromatic carbocycles. The summed E-state index contributed by atoms with van der Waals surface area (Å²) in [7, 11) is 1.84. The second-order valence-electron chi connectivity index (χ2n) is 3.02. The fourth-order valence-corrected chi connectivity index (χ4v) is 1.15. The molecule has 0 saturated carbocycles. The predicted molar refractivity (Wildman–Crippen MR) is 57.3 cm³/mol. The van der Waals surface area contributed by atoms with Crippen LogP contribution < -0.4 is 11.1 Å². The van der Waals surface area contributed by atoms with Gasteiger partial charge in [0.25, 0.3) is 0 Å². The SMILES string of the molecule is CNCC=Cc1cc(CN)ccc1F. The molecule has 3 heteroatoms. The Labute approximate surface area is 83.6 Å². The highest BCUT2D eigenvalue weighted by molar-refractivity contribution is 5.51. The van der Waals surface area contributed by atoms with E-state index in [0.29, 0.717) is 12.1 Å². The number of likely N-dealkylation sites (N-methyl/N-ethyl adjacent to an activating group) is 1. The molecule has 76 valence electrons. The Balaban J connectivity index is 2.83. The number of halogens is 1. The average Bonchev–Trinajstić information content (AvgIpc) is 2.21. The first-order valence-corrected chi connectivity index (χ1v) is 4.57. The van der Waals surface area contributed by atoms with E-state index in [1.54, 1.807) is 18.2 Å². The van der Waals surface area contributed by atoms with Gasteiger partial charge in [-0.3, -0.25) is 0 Å². The standard InChI is InChI=1S/C11H15FN2/c1-14-6-2-3-10-7-9(8-13)4-5-11(10)12/h2-5,7,14H,6,8,13H2,1H3. The smallest absolute Gasteiger partial charge is 0.130 e. The summed E-state index contributed by atoms with van der Waals surface area (Å²) in [6.07, 6.45) is 3.63. The summed E-state index contributed by atoms with van der Waals surface area (Å²) in [6, 6.07) is 4.91. The van der Waals surface area contributed by atoms with Gasteiger partial charge in [0.1, 0.15) is 5.82 Å². The number of nitrogens with two attached hydrogens (primary N) is 1. The van der Waals surface area contributed by atoms with Gasteiger partial charge in [0.15, 0.2) is 0 Å². The van der Waals surface area contributed by atoms with Crippen molar-refractivity contribution in [2.45, 2.75) is 6.54 Å². The van der Waals surface area contributed by atoms with E-state index in [4.69, 9.17) is 5.73 Å². The maximum absolute atomic E-state index is 13.2. The molecule has 0 spiro atoms. The molecule has 0 heterocycles. The van der Waals surface area contributed by atoms with E-state index in [-0.39, 0.29) is 5.82 Å². The van der Waals surface area contributed by atoms with Gasteiger partial charge in [0.05, 0.1) is 0 Å². The van der Waals surface area contributed by atoms with Crippen molar-refractivity contribution in [2.24, 2.45) is 5.73 Å². The third kappa shape index (κ3) is 2.94. The van der Waals surface area contributed by atoms with Gasteiger partial charge in [0, 0.05) is 18.7 Å². The van der Waals surface area contributed by atoms with Crippen LogP contribution in [0, 0.1) is 5.82 Å². The van der Waals surface area contributed by atoms with Crippen LogP contribution in [0.1, 0.15) is 11.1 Å². The summed E-state index contributed by atoms with van der Waals surface area (Å²) in [5, 5.41) is 2.95. The Bertz CT molecular complexity index is 321. The summed E-state index contributed by atoms with van der Waals surface area (Å²) in [6.45, 7) is 1.17. The molecule has 1 rings (SSSR count). The molecule has 0 aliphatic heterocycles. The van der Waals surface area contributed by atoms with Gasteiger partial charge >= 0.3 is 0 Å². The van der Waals surface area contributed by atoms with Crippen LogP contribution in [0.4, 0.5) is 4.39 Å². The van der Waals surface area contributed by atoms with Gasteiger partial charge in [-0.1, -0.05) is 18.2 Å². The Hall–Kier alpha value is -1.19. The van der Waals surface area contributed by atoms with Crippen LogP contribution in [0.2, 0.25) is 0 Å². The molecule has 0 aliphatic carbocycles. The molecule has 0 bridgehead atoms. The normalized spacial score (nSPS) is 11.1. The van der Waals surface area contributed by atoms with Gasteiger partial charge in [-0.05, 0) is 24.7 Å². The van der Waals surface area contributed by atoms with Crippen molar-refractivity contribution in [1.82, 2.24) is 5.32 Å². The van der Waals surface area contributed by atoms with E-state index in [0.717, 1.165) is 12.1 Å². The second kappa shape index (κ2) is 5.52. The zero-order chi connectivity index (χ0) is 10.4. The molecule has 2 nitrogen and oxygen atoms in total. The van der Waals surface area contributed by atoms with Gasteiger partial charge in [-0.25, -0.2) is 4.39 Å². The summed E-state index contributed by atoms with van der Waals surface area (Å²) >= 11 is 0. The molecule has 1 aromatic rings. The van der Waals surface area contributed by atoms with Crippen molar-refractivity contribution in [2.75, 3.05) is 13.6 Å². The van der Waals surface area contributed by atoms with Gasteiger partial charge in [-0.2, -0.15) is 0 Å². The van der Waals surface area contributed by atoms with E-state index in [1.807, 2.05) is 13.1 Å². The van der Waals surface area contributed by atoms with E-state index in [2.05, 4.69) is 5.32 Å². The van der Waals surface area contributed by atoms with E-state index >= 15 is 0 Å². The second-order valence-corrected chi connectivity index (χ2v) is 3.02. The monoisotopic (exact) mass is 194 g/mol. The zero-order valence-electron chi connectivity index (χ0n) is 8.26. The van der Waals surface area contributed by atoms with Crippen LogP contribution in [0.15, 0.2) is 24.3 Å². The fourth-order valence-electron chi connectivity index (χ4n) is 1.15. The van der Waals surface area contributed by atoms with Crippen LogP contribution >= 0.6 is 0 Å². The lowest BCUT2D eigenvalue weighted by Crippen LogP contribution is -2.03. The maximum Gasteiger partial charge on any atom is 0.130 e. The quantitative estimate of drug-likeness (QED) is 0.762. The molecular formula is C11H15FN2. The average molecular weight is 194 g/mol. The molecule has 0 aromatic heterocycles. The molecule has 3 N–H and O–H groups in total. The van der Waals surface area contributed by atoms with E-state index in [1.165, 1.54) is 6.07 Å². The highest BCUT2D eigenvalue weighted by atomic mass is 19.1. The van der Waals surface area contributed by atoms with Crippen LogP contribution in [-0.2, 0) is 6.54 Å². The highest BCUT2D eigenvalue weighted by Gasteiger charge is 1.98. The van der Waals surface area contributed by atoms with Crippen LogP contribution in [0.3, 0.4) is 0 Å². The Morgan fingerprint density at radius 3 is 2.93 bits per heavy atom. The first-order chi connectivity index (χ1) is 6.77. The van der Waals surface area contributed by atoms with Crippen LogP contribution in [0.5, 0.6) is 0 Å². The topological polar surface area (TPSA) is 38.0 Å². The molecule has 0 radical (unpaired) electrons. The van der Waals surface area contributed by atoms with Gasteiger partial charge in [-0.15, -0.1) is 0 Å². The minimum Gasteiger partial charge on any atom is -0.326 e. The highest BCUT2D eigenvalue weighted by Crippen LogP contribution is 2.11. The largest absolute Gasteiger partial charge is 0.326 e. The number of hydrogen-bond donors (Lipinski definition) is 2. The number of hydrogen-bond acceptors (Lipinski definition) is 2. The first-order valence-electron chi connectivity index (χ1n) is 4.57. The summed E-state index contributed by atoms with van der Waals surface area (Å²) < 4.78 is 13.2. The Morgan fingerprint density at radius 2 is 2.29 bits per heavy atom. The van der Waals surface area contributed by atoms with Crippen molar-refractivity contribution in [3.8, 4) is 0 Å². The minimum absolute atomic E-state index is 0.213. The number of rotatable bonds is 4. The lowest BCUT2D eigenvalue weighted by Gasteiger charge is -2.00. The molecule has 0 unspecified atom stereocenters. The predicted octanol–water partition coefficient (Wildman–Crippen LogP) is 1.52. The molecule has 14 heavy (non-hydrogen) atoms. The van der Waals surface area contributed by atoms with Crippen molar-refractivity contribution < 1.29 is 4.39 Å². The van der Waals surface area contributed by atoms with E-state index in [9.17, 15) is 4.39 Å². The third-order valence-corrected chi connectivity index (χ3v) is 1.92. The molecule has 0 saturated heterocycles. The van der Waals surface area contributed by atoms with Crippen LogP contribution in [-0.4, -0.2) is 13.6 Å². The summed E-state index contributed by atoms with van der Waals surface area (Å²) in [4.78, 5) is 0. The van der Waals surface area contributed by atoms with Crippen molar-refractivity contribution in [3.05, 3.63) is 41.2 Å². The van der Waals surface area contributed by atoms with Crippen molar-refractivity contribution >= 4 is 6.08 Å². The molecule has 0 atom stereocenters. The molecule has 0 amide bonds. The lowest BCUT2D eigenvalue weighted by molar-refractivity contribution is 0.624. The minimum atomic E-state index is -0.213. The van der Waals surface area contributed by atoms with Gasteiger partial charge in [0.2, 0.25) is 0 Å². The Morgan fingerprint density at radius 1 is 1.50 bits per heavy atom. The Kier molecular flexibility index (Phi) is 4.29. The molecular weight excluding hydrogens is 179 g/mol. The van der Waals surface area contributed by atoms with Crippen molar-refractivity contribution in [1.29, 1.82) is 0 Å². The summed E-state index contributed by atoms with van der Waals surface area (Å²) in [5.41, 5.74) is 6.99. The lowest BCUT2D eigenvalue weighted by atomic mass is 10.1. The molecule has 0 aliphatic rings. The van der Waals surface area contributed by atoms with Crippen LogP contribution in [0.25, 0.3) is 6.08 Å². The maximum atomic E-state index is 13.2. The van der Waals surface area contributed by atoms with Crippen molar-refractivity contribution in [3.63, 3.8) is 0 Å². The van der Waals surface area contributed by atoms with E-state index < -0.39 is 0 Å². The third-order valence-electron chi connectivity index (χ3n) is 1.92. The summed E-state index contributed by atoms with van der Waals surface area (Å²) in [5.74, 6) is -0.213. The number of nitrogens with one attached hydrogen (secondary N) is 1. The fraction of sp³-hybridized carbons (Fsp3) is 0.273. The first kappa shape index (κ1) is 10.9.